The largest absolute Gasteiger partial charge is 0.412 e. The molecule has 31 heavy (non-hydrogen) atoms. The van der Waals surface area contributed by atoms with Crippen LogP contribution in [-0.2, 0) is 0 Å². The van der Waals surface area contributed by atoms with Crippen molar-refractivity contribution < 1.29 is 52.7 Å². The van der Waals surface area contributed by atoms with Crippen molar-refractivity contribution in [3.63, 3.8) is 0 Å². The first kappa shape index (κ1) is 23.0. The van der Waals surface area contributed by atoms with Crippen molar-refractivity contribution in [2.45, 2.75) is 0 Å². The summed E-state index contributed by atoms with van der Waals surface area (Å²) in [5.41, 5.74) is 0. The molecule has 0 saturated carbocycles. The minimum absolute atomic E-state index is 0.352. The summed E-state index contributed by atoms with van der Waals surface area (Å²) in [7, 11) is 0. The monoisotopic (exact) mass is 474 g/mol. The Hall–Kier alpha value is -2.65. The number of halogens is 12. The van der Waals surface area contributed by atoms with E-state index in [-0.39, 0.29) is 18.2 Å². The lowest BCUT2D eigenvalue weighted by atomic mass is 10.3. The topological polar surface area (TPSA) is 0 Å². The van der Waals surface area contributed by atoms with Crippen LogP contribution in [0.5, 0.6) is 0 Å². The molecule has 13 heteroatoms. The van der Waals surface area contributed by atoms with Crippen molar-refractivity contribution in [2.75, 3.05) is 0 Å². The number of hydrogen-bond donors (Lipinski definition) is 0. The standard InChI is InChI=1S/3C6HF4.Al/c7-3-1-4(8)6(10)2-5(3)9;2*7-3-1-4(8)6(10)5(9)2-3;/h3*1H;. The normalized spacial score (nSPS) is 11.2. The molecule has 0 fully saturated rings. The second-order valence-electron chi connectivity index (χ2n) is 6.08. The van der Waals surface area contributed by atoms with E-state index in [0.717, 1.165) is 0 Å². The maximum atomic E-state index is 14.4. The van der Waals surface area contributed by atoms with E-state index in [0.29, 0.717) is 0 Å². The first-order valence-electron chi connectivity index (χ1n) is 7.87. The molecule has 0 nitrogen and oxygen atoms in total. The van der Waals surface area contributed by atoms with E-state index >= 15 is 0 Å². The van der Waals surface area contributed by atoms with E-state index < -0.39 is 97.2 Å². The van der Waals surface area contributed by atoms with Crippen molar-refractivity contribution in [3.8, 4) is 0 Å². The first-order valence-corrected chi connectivity index (χ1v) is 9.60. The zero-order valence-corrected chi connectivity index (χ0v) is 15.5. The van der Waals surface area contributed by atoms with Crippen molar-refractivity contribution in [1.82, 2.24) is 0 Å². The van der Waals surface area contributed by atoms with Crippen LogP contribution in [0.1, 0.15) is 0 Å². The van der Waals surface area contributed by atoms with E-state index in [2.05, 4.69) is 0 Å². The molecule has 0 aromatic heterocycles. The smallest absolute Gasteiger partial charge is 0.208 e. The summed E-state index contributed by atoms with van der Waals surface area (Å²) in [4.78, 5) is 0. The number of benzene rings is 3. The maximum absolute atomic E-state index is 14.4. The van der Waals surface area contributed by atoms with Gasteiger partial charge in [-0.1, -0.05) is 0 Å². The fraction of sp³-hybridized carbons (Fsp3) is 0. The third-order valence-electron chi connectivity index (χ3n) is 4.31. The van der Waals surface area contributed by atoms with Crippen molar-refractivity contribution in [3.05, 3.63) is 88.0 Å². The fourth-order valence-electron chi connectivity index (χ4n) is 2.97. The molecule has 0 N–H and O–H groups in total. The molecular formula is C18H3AlF12. The lowest BCUT2D eigenvalue weighted by Crippen LogP contribution is -2.60. The van der Waals surface area contributed by atoms with Gasteiger partial charge in [-0.05, 0) is 13.3 Å². The molecule has 0 atom stereocenters. The van der Waals surface area contributed by atoms with E-state index in [9.17, 15) is 52.7 Å². The maximum Gasteiger partial charge on any atom is 0.412 e. The van der Waals surface area contributed by atoms with Gasteiger partial charge >= 0.3 is 14.1 Å². The summed E-state index contributed by atoms with van der Waals surface area (Å²) in [5, 5.41) is 0. The second kappa shape index (κ2) is 8.12. The minimum Gasteiger partial charge on any atom is -0.208 e. The van der Waals surface area contributed by atoms with Gasteiger partial charge in [0.25, 0.3) is 0 Å². The molecule has 0 aliphatic carbocycles. The molecule has 3 aromatic rings. The molecule has 3 aromatic carbocycles. The molecule has 0 aliphatic rings. The van der Waals surface area contributed by atoms with Gasteiger partial charge in [0.15, 0.2) is 46.5 Å². The average Bonchev–Trinajstić information content (AvgIpc) is 2.69. The molecule has 162 valence electrons. The Kier molecular flexibility index (Phi) is 6.03. The lowest BCUT2D eigenvalue weighted by molar-refractivity contribution is 0.438. The van der Waals surface area contributed by atoms with Crippen LogP contribution >= 0.6 is 0 Å². The molecule has 0 radical (unpaired) electrons. The Morgan fingerprint density at radius 3 is 0.968 bits per heavy atom. The van der Waals surface area contributed by atoms with Crippen LogP contribution < -0.4 is 13.3 Å². The van der Waals surface area contributed by atoms with Crippen LogP contribution in [0.3, 0.4) is 0 Å². The predicted molar refractivity (Wildman–Crippen MR) is 83.5 cm³/mol. The molecule has 0 spiro atoms. The molecule has 0 saturated heterocycles. The molecule has 0 heterocycles. The summed E-state index contributed by atoms with van der Waals surface area (Å²) in [6, 6.07) is -1.08. The Morgan fingerprint density at radius 1 is 0.323 bits per heavy atom. The summed E-state index contributed by atoms with van der Waals surface area (Å²) < 4.78 is 162. The summed E-state index contributed by atoms with van der Waals surface area (Å²) in [6.07, 6.45) is 0. The van der Waals surface area contributed by atoms with Crippen LogP contribution in [0.2, 0.25) is 0 Å². The highest BCUT2D eigenvalue weighted by Crippen LogP contribution is 2.19. The summed E-state index contributed by atoms with van der Waals surface area (Å²) >= 11 is -5.24. The van der Waals surface area contributed by atoms with Gasteiger partial charge in [-0.3, -0.25) is 0 Å². The van der Waals surface area contributed by atoms with Gasteiger partial charge in [0.2, 0.25) is 0 Å². The van der Waals surface area contributed by atoms with Gasteiger partial charge in [-0.15, -0.1) is 0 Å². The Balaban J connectivity index is 2.58. The molecule has 0 aliphatic heterocycles. The van der Waals surface area contributed by atoms with Gasteiger partial charge in [0.1, 0.15) is 23.3 Å². The van der Waals surface area contributed by atoms with Crippen LogP contribution in [0.15, 0.2) is 18.2 Å². The predicted octanol–water partition coefficient (Wildman–Crippen LogP) is 3.87. The lowest BCUT2D eigenvalue weighted by Gasteiger charge is -2.19. The summed E-state index contributed by atoms with van der Waals surface area (Å²) in [5.74, 6) is -27.8. The Labute approximate surface area is 168 Å². The third-order valence-corrected chi connectivity index (χ3v) is 7.61. The minimum atomic E-state index is -5.24. The zero-order valence-electron chi connectivity index (χ0n) is 14.3. The van der Waals surface area contributed by atoms with E-state index in [4.69, 9.17) is 0 Å². The van der Waals surface area contributed by atoms with Gasteiger partial charge in [-0.2, -0.15) is 0 Å². The van der Waals surface area contributed by atoms with Gasteiger partial charge in [0.05, 0.1) is 0 Å². The zero-order chi connectivity index (χ0) is 23.4. The van der Waals surface area contributed by atoms with Crippen LogP contribution in [-0.4, -0.2) is 14.1 Å². The number of hydrogen-bond acceptors (Lipinski definition) is 0. The number of rotatable bonds is 3. The highest BCUT2D eigenvalue weighted by molar-refractivity contribution is 6.95. The Morgan fingerprint density at radius 2 is 0.613 bits per heavy atom. The molecule has 3 rings (SSSR count). The van der Waals surface area contributed by atoms with E-state index in [1.807, 2.05) is 0 Å². The molecule has 0 unspecified atom stereocenters. The van der Waals surface area contributed by atoms with Crippen LogP contribution in [0, 0.1) is 69.8 Å². The van der Waals surface area contributed by atoms with Gasteiger partial charge < -0.3 is 0 Å². The van der Waals surface area contributed by atoms with Crippen molar-refractivity contribution in [2.24, 2.45) is 0 Å². The Bertz CT molecular complexity index is 1130. The quantitative estimate of drug-likeness (QED) is 0.234. The highest BCUT2D eigenvalue weighted by atomic mass is 27.2. The van der Waals surface area contributed by atoms with Crippen LogP contribution in [0.25, 0.3) is 0 Å². The van der Waals surface area contributed by atoms with Crippen molar-refractivity contribution >= 4 is 27.4 Å². The highest BCUT2D eigenvalue weighted by Gasteiger charge is 2.44. The molecular weight excluding hydrogens is 471 g/mol. The van der Waals surface area contributed by atoms with E-state index in [1.54, 1.807) is 0 Å². The molecule has 0 bridgehead atoms. The first-order chi connectivity index (χ1) is 14.4. The summed E-state index contributed by atoms with van der Waals surface area (Å²) in [6.45, 7) is 0. The van der Waals surface area contributed by atoms with Crippen LogP contribution in [0.4, 0.5) is 52.7 Å². The third kappa shape index (κ3) is 3.66. The fourth-order valence-corrected chi connectivity index (χ4v) is 6.10. The average molecular weight is 474 g/mol. The second-order valence-corrected chi connectivity index (χ2v) is 8.68. The van der Waals surface area contributed by atoms with E-state index in [1.165, 1.54) is 0 Å². The van der Waals surface area contributed by atoms with Gasteiger partial charge in [-0.25, -0.2) is 52.7 Å². The SMILES string of the molecule is Fc1cc(F)[c]([Al]([c]2c(F)cc(F)c(F)c2F)[c]2c(F)c(F)cc(F)c2F)c(F)c1F. The van der Waals surface area contributed by atoms with Gasteiger partial charge in [0, 0.05) is 18.2 Å². The molecule has 0 amide bonds. The van der Waals surface area contributed by atoms with Crippen molar-refractivity contribution in [1.29, 1.82) is 0 Å².